The van der Waals surface area contributed by atoms with Crippen molar-refractivity contribution in [3.8, 4) is 0 Å². The Hall–Kier alpha value is -3.21. The molecule has 1 nitrogen and oxygen atoms in total. The highest BCUT2D eigenvalue weighted by Crippen LogP contribution is 2.09. The molecule has 0 fully saturated rings. The van der Waals surface area contributed by atoms with Gasteiger partial charge < -0.3 is 0 Å². The van der Waals surface area contributed by atoms with E-state index in [0.29, 0.717) is 0 Å². The largest absolute Gasteiger partial charge is 0.313 e. The van der Waals surface area contributed by atoms with Crippen LogP contribution in [0.15, 0.2) is 132 Å². The maximum atomic E-state index is 2.26. The van der Waals surface area contributed by atoms with Crippen molar-refractivity contribution >= 4 is 50.7 Å². The lowest BCUT2D eigenvalue weighted by atomic mass is 9.13. The molecular weight excluding hydrogens is 437 g/mol. The van der Waals surface area contributed by atoms with Gasteiger partial charge in [0.05, 0.1) is 0 Å². The van der Waals surface area contributed by atoms with Gasteiger partial charge in [0.25, 0.3) is 0 Å². The van der Waals surface area contributed by atoms with Gasteiger partial charge in [-0.1, -0.05) is 144 Å². The van der Waals surface area contributed by atoms with Crippen LogP contribution in [0.25, 0.3) is 0 Å². The average molecular weight is 465 g/mol. The molecule has 0 atom stereocenters. The molecule has 4 heteroatoms. The maximum absolute atomic E-state index is 2.26. The van der Waals surface area contributed by atoms with Crippen LogP contribution in [0.3, 0.4) is 0 Å². The Morgan fingerprint density at radius 3 is 0.939 bits per heavy atom. The molecule has 4 aromatic carbocycles. The molecule has 0 N–H and O–H groups in total. The van der Waals surface area contributed by atoms with Crippen LogP contribution < -0.4 is 30.4 Å². The molecule has 0 aliphatic rings. The fourth-order valence-corrected chi connectivity index (χ4v) is 6.19. The SMILES string of the molecule is C[N+](C)=c1sccs1.c1ccc([B-](c2ccccc2)(c2ccccc2)c2ccccc2)cc1. The third kappa shape index (κ3) is 5.08. The molecule has 164 valence electrons. The second-order valence-electron chi connectivity index (χ2n) is 8.18. The van der Waals surface area contributed by atoms with Crippen molar-refractivity contribution in [1.29, 1.82) is 0 Å². The monoisotopic (exact) mass is 465 g/mol. The summed E-state index contributed by atoms with van der Waals surface area (Å²) < 4.78 is 3.47. The van der Waals surface area contributed by atoms with Gasteiger partial charge in [-0.2, -0.15) is 21.9 Å². The Morgan fingerprint density at radius 1 is 0.455 bits per heavy atom. The zero-order valence-electron chi connectivity index (χ0n) is 19.0. The van der Waals surface area contributed by atoms with E-state index in [-0.39, 0.29) is 0 Å². The van der Waals surface area contributed by atoms with Gasteiger partial charge in [-0.15, -0.1) is 0 Å². The zero-order chi connectivity index (χ0) is 22.9. The van der Waals surface area contributed by atoms with Gasteiger partial charge in [-0.05, 0) is 0 Å². The highest BCUT2D eigenvalue weighted by Gasteiger charge is 2.30. The molecule has 5 aromatic rings. The van der Waals surface area contributed by atoms with Crippen molar-refractivity contribution in [1.82, 2.24) is 4.58 Å². The summed E-state index contributed by atoms with van der Waals surface area (Å²) in [6.45, 7) is 0. The van der Waals surface area contributed by atoms with Crippen LogP contribution >= 0.6 is 22.7 Å². The van der Waals surface area contributed by atoms with Gasteiger partial charge in [-0.3, -0.25) is 0 Å². The molecule has 0 amide bonds. The zero-order valence-corrected chi connectivity index (χ0v) is 20.7. The van der Waals surface area contributed by atoms with E-state index < -0.39 is 6.15 Å². The third-order valence-corrected chi connectivity index (χ3v) is 8.38. The standard InChI is InChI=1S/C24H20B.C5H8NS2/c1-5-13-21(14-6-1)25(22-15-7-2-8-16-22,23-17-9-3-10-18-23)24-19-11-4-12-20-24;1-6(2)5-7-3-4-8-5/h1-20H;3-4H,1-2H3/q-1;+1. The van der Waals surface area contributed by atoms with Gasteiger partial charge in [-0.25, -0.2) is 4.58 Å². The molecule has 0 aliphatic carbocycles. The van der Waals surface area contributed by atoms with Crippen LogP contribution in [0.2, 0.25) is 0 Å². The lowest BCUT2D eigenvalue weighted by Crippen LogP contribution is -2.74. The fraction of sp³-hybridized carbons (Fsp3) is 0.0690. The van der Waals surface area contributed by atoms with E-state index in [1.165, 1.54) is 25.8 Å². The summed E-state index contributed by atoms with van der Waals surface area (Å²) in [7, 11) is 4.12. The summed E-state index contributed by atoms with van der Waals surface area (Å²) in [5, 5.41) is 4.19. The molecule has 0 saturated carbocycles. The second-order valence-corrected chi connectivity index (χ2v) is 10.2. The molecule has 0 saturated heterocycles. The van der Waals surface area contributed by atoms with E-state index in [0.717, 1.165) is 0 Å². The predicted molar refractivity (Wildman–Crippen MR) is 149 cm³/mol. The normalized spacial score (nSPS) is 10.7. The summed E-state index contributed by atoms with van der Waals surface area (Å²) in [5.74, 6) is 0. The Balaban J connectivity index is 0.000000275. The van der Waals surface area contributed by atoms with Crippen molar-refractivity contribution in [2.45, 2.75) is 0 Å². The maximum Gasteiger partial charge on any atom is 0.313 e. The number of benzene rings is 4. The Kier molecular flexibility index (Phi) is 7.72. The van der Waals surface area contributed by atoms with Crippen molar-refractivity contribution < 1.29 is 0 Å². The summed E-state index contributed by atoms with van der Waals surface area (Å²) in [5.41, 5.74) is 5.36. The first-order valence-corrected chi connectivity index (χ1v) is 12.9. The smallest absolute Gasteiger partial charge is 0.217 e. The number of nitrogens with zero attached hydrogens (tertiary/aromatic N) is 1. The summed E-state index contributed by atoms with van der Waals surface area (Å²) in [6.07, 6.45) is -1.22. The minimum Gasteiger partial charge on any atom is -0.217 e. The second kappa shape index (κ2) is 11.1. The van der Waals surface area contributed by atoms with Crippen molar-refractivity contribution in [2.75, 3.05) is 14.1 Å². The third-order valence-electron chi connectivity index (χ3n) is 5.96. The van der Waals surface area contributed by atoms with Crippen molar-refractivity contribution in [2.24, 2.45) is 0 Å². The van der Waals surface area contributed by atoms with Crippen LogP contribution in [-0.4, -0.2) is 20.2 Å². The Bertz CT molecular complexity index is 1130. The molecule has 0 aliphatic heterocycles. The van der Waals surface area contributed by atoms with Gasteiger partial charge in [0.2, 0.25) is 0 Å². The Morgan fingerprint density at radius 2 is 0.727 bits per heavy atom. The highest BCUT2D eigenvalue weighted by molar-refractivity contribution is 7.24. The molecule has 5 rings (SSSR count). The fourth-order valence-electron chi connectivity index (χ4n) is 4.53. The lowest BCUT2D eigenvalue weighted by molar-refractivity contribution is 0.844. The molecule has 0 unspecified atom stereocenters. The Labute approximate surface area is 204 Å². The van der Waals surface area contributed by atoms with E-state index in [9.17, 15) is 0 Å². The molecule has 0 bridgehead atoms. The highest BCUT2D eigenvalue weighted by atomic mass is 32.2. The van der Waals surface area contributed by atoms with E-state index in [4.69, 9.17) is 0 Å². The van der Waals surface area contributed by atoms with Gasteiger partial charge in [0.15, 0.2) is 0 Å². The molecule has 33 heavy (non-hydrogen) atoms. The average Bonchev–Trinajstić information content (AvgIpc) is 3.44. The summed E-state index contributed by atoms with van der Waals surface area (Å²) >= 11 is 3.55. The first kappa shape index (κ1) is 23.0. The van der Waals surface area contributed by atoms with Crippen molar-refractivity contribution in [3.05, 3.63) is 136 Å². The minimum absolute atomic E-state index is 1.22. The van der Waals surface area contributed by atoms with Gasteiger partial charge >= 0.3 is 3.98 Å². The van der Waals surface area contributed by atoms with E-state index in [1.807, 2.05) is 0 Å². The molecule has 0 spiro atoms. The number of hydrogen-bond donors (Lipinski definition) is 0. The van der Waals surface area contributed by atoms with Crippen LogP contribution in [0.1, 0.15) is 0 Å². The van der Waals surface area contributed by atoms with Crippen LogP contribution in [-0.2, 0) is 0 Å². The molecular formula is C29H28BNS2. The quantitative estimate of drug-likeness (QED) is 0.280. The van der Waals surface area contributed by atoms with Crippen LogP contribution in [0.4, 0.5) is 0 Å². The van der Waals surface area contributed by atoms with Crippen molar-refractivity contribution in [3.63, 3.8) is 0 Å². The predicted octanol–water partition coefficient (Wildman–Crippen LogP) is 3.91. The molecule has 1 heterocycles. The van der Waals surface area contributed by atoms with E-state index in [1.54, 1.807) is 22.7 Å². The minimum atomic E-state index is -1.22. The number of rotatable bonds is 4. The topological polar surface area (TPSA) is 3.01 Å². The number of hydrogen-bond acceptors (Lipinski definition) is 2. The summed E-state index contributed by atoms with van der Waals surface area (Å²) in [6, 6.07) is 43.5. The van der Waals surface area contributed by atoms with E-state index >= 15 is 0 Å². The molecule has 0 radical (unpaired) electrons. The van der Waals surface area contributed by atoms with Gasteiger partial charge in [0.1, 0.15) is 20.2 Å². The molecule has 1 aromatic heterocycles. The lowest BCUT2D eigenvalue weighted by Gasteiger charge is -2.44. The summed E-state index contributed by atoms with van der Waals surface area (Å²) in [4.78, 5) is 0. The first-order valence-electron chi connectivity index (χ1n) is 11.1. The van der Waals surface area contributed by atoms with Crippen LogP contribution in [0.5, 0.6) is 0 Å². The van der Waals surface area contributed by atoms with Gasteiger partial charge in [0, 0.05) is 10.8 Å². The first-order chi connectivity index (χ1) is 16.2. The van der Waals surface area contributed by atoms with E-state index in [2.05, 4.69) is 151 Å². The van der Waals surface area contributed by atoms with Crippen LogP contribution in [0, 0.1) is 0 Å².